The highest BCUT2D eigenvalue weighted by molar-refractivity contribution is 9.09. The average Bonchev–Trinajstić information content (AvgIpc) is 2.56. The molecule has 1 nitrogen and oxygen atoms in total. The summed E-state index contributed by atoms with van der Waals surface area (Å²) in [7, 11) is 2.18. The van der Waals surface area contributed by atoms with E-state index in [4.69, 9.17) is 0 Å². The molecule has 0 N–H and O–H groups in total. The lowest BCUT2D eigenvalue weighted by Crippen LogP contribution is -2.24. The van der Waals surface area contributed by atoms with E-state index in [9.17, 15) is 0 Å². The fourth-order valence-electron chi connectivity index (χ4n) is 1.31. The molecular formula is C10H16BrNS. The topological polar surface area (TPSA) is 3.24 Å². The third-order valence-electron chi connectivity index (χ3n) is 1.89. The summed E-state index contributed by atoms with van der Waals surface area (Å²) in [5.41, 5.74) is 0. The molecule has 1 aromatic heterocycles. The summed E-state index contributed by atoms with van der Waals surface area (Å²) < 4.78 is 0. The predicted molar refractivity (Wildman–Crippen MR) is 63.6 cm³/mol. The van der Waals surface area contributed by atoms with Crippen LogP contribution in [-0.2, 0) is 6.54 Å². The van der Waals surface area contributed by atoms with Crippen LogP contribution in [-0.4, -0.2) is 23.8 Å². The molecule has 1 heterocycles. The summed E-state index contributed by atoms with van der Waals surface area (Å²) in [4.78, 5) is 3.82. The van der Waals surface area contributed by atoms with Gasteiger partial charge in [-0.3, -0.25) is 0 Å². The van der Waals surface area contributed by atoms with Crippen molar-refractivity contribution in [2.45, 2.75) is 13.5 Å². The summed E-state index contributed by atoms with van der Waals surface area (Å²) in [5, 5.41) is 3.22. The van der Waals surface area contributed by atoms with Crippen molar-refractivity contribution in [3.8, 4) is 0 Å². The SMILES string of the molecule is CC(CBr)CN(C)Cc1cccs1. The molecule has 0 aliphatic heterocycles. The van der Waals surface area contributed by atoms with Crippen LogP contribution in [0.15, 0.2) is 17.5 Å². The number of hydrogen-bond acceptors (Lipinski definition) is 2. The first-order valence-corrected chi connectivity index (χ1v) is 6.49. The summed E-state index contributed by atoms with van der Waals surface area (Å²) >= 11 is 5.33. The van der Waals surface area contributed by atoms with Crippen LogP contribution in [0.5, 0.6) is 0 Å². The molecule has 3 heteroatoms. The van der Waals surface area contributed by atoms with Gasteiger partial charge in [0.2, 0.25) is 0 Å². The molecule has 0 bridgehead atoms. The molecule has 0 saturated heterocycles. The maximum Gasteiger partial charge on any atom is 0.0324 e. The van der Waals surface area contributed by atoms with Gasteiger partial charge in [0, 0.05) is 23.3 Å². The molecule has 1 unspecified atom stereocenters. The van der Waals surface area contributed by atoms with E-state index in [1.807, 2.05) is 11.3 Å². The summed E-state index contributed by atoms with van der Waals surface area (Å²) in [5.74, 6) is 0.727. The van der Waals surface area contributed by atoms with Crippen molar-refractivity contribution in [2.75, 3.05) is 18.9 Å². The summed E-state index contributed by atoms with van der Waals surface area (Å²) in [6.07, 6.45) is 0. The van der Waals surface area contributed by atoms with Gasteiger partial charge in [0.25, 0.3) is 0 Å². The first-order valence-electron chi connectivity index (χ1n) is 4.49. The second-order valence-electron chi connectivity index (χ2n) is 3.54. The van der Waals surface area contributed by atoms with Gasteiger partial charge in [0.05, 0.1) is 0 Å². The van der Waals surface area contributed by atoms with Crippen LogP contribution in [0.3, 0.4) is 0 Å². The van der Waals surface area contributed by atoms with E-state index < -0.39 is 0 Å². The molecule has 13 heavy (non-hydrogen) atoms. The Labute approximate surface area is 92.9 Å². The van der Waals surface area contributed by atoms with Crippen LogP contribution < -0.4 is 0 Å². The minimum Gasteiger partial charge on any atom is -0.301 e. The number of nitrogens with zero attached hydrogens (tertiary/aromatic N) is 1. The molecule has 0 aromatic carbocycles. The Kier molecular flexibility index (Phi) is 4.99. The van der Waals surface area contributed by atoms with Gasteiger partial charge >= 0.3 is 0 Å². The van der Waals surface area contributed by atoms with E-state index in [-0.39, 0.29) is 0 Å². The molecule has 0 amide bonds. The molecule has 0 aliphatic rings. The van der Waals surface area contributed by atoms with Crippen molar-refractivity contribution in [3.05, 3.63) is 22.4 Å². The number of hydrogen-bond donors (Lipinski definition) is 0. The Balaban J connectivity index is 2.29. The van der Waals surface area contributed by atoms with E-state index in [2.05, 4.69) is 52.3 Å². The lowest BCUT2D eigenvalue weighted by atomic mass is 10.2. The van der Waals surface area contributed by atoms with Crippen molar-refractivity contribution in [1.29, 1.82) is 0 Å². The van der Waals surface area contributed by atoms with Crippen molar-refractivity contribution >= 4 is 27.3 Å². The van der Waals surface area contributed by atoms with Gasteiger partial charge in [0.15, 0.2) is 0 Å². The van der Waals surface area contributed by atoms with Crippen molar-refractivity contribution in [2.24, 2.45) is 5.92 Å². The average molecular weight is 262 g/mol. The van der Waals surface area contributed by atoms with E-state index in [0.29, 0.717) is 0 Å². The standard InChI is InChI=1S/C10H16BrNS/c1-9(6-11)7-12(2)8-10-4-3-5-13-10/h3-5,9H,6-8H2,1-2H3. The maximum absolute atomic E-state index is 3.50. The highest BCUT2D eigenvalue weighted by atomic mass is 79.9. The lowest BCUT2D eigenvalue weighted by Gasteiger charge is -2.18. The number of thiophene rings is 1. The molecule has 0 saturated carbocycles. The maximum atomic E-state index is 3.50. The Morgan fingerprint density at radius 3 is 2.92 bits per heavy atom. The Morgan fingerprint density at radius 2 is 2.38 bits per heavy atom. The van der Waals surface area contributed by atoms with Gasteiger partial charge in [-0.1, -0.05) is 28.9 Å². The van der Waals surface area contributed by atoms with E-state index >= 15 is 0 Å². The van der Waals surface area contributed by atoms with Gasteiger partial charge in [0.1, 0.15) is 0 Å². The zero-order chi connectivity index (χ0) is 9.68. The summed E-state index contributed by atoms with van der Waals surface area (Å²) in [6, 6.07) is 4.31. The van der Waals surface area contributed by atoms with Gasteiger partial charge < -0.3 is 4.90 Å². The van der Waals surface area contributed by atoms with E-state index in [0.717, 1.165) is 24.3 Å². The molecule has 0 fully saturated rings. The fourth-order valence-corrected chi connectivity index (χ4v) is 2.30. The quantitative estimate of drug-likeness (QED) is 0.736. The van der Waals surface area contributed by atoms with Crippen molar-refractivity contribution in [1.82, 2.24) is 4.90 Å². The van der Waals surface area contributed by atoms with E-state index in [1.54, 1.807) is 0 Å². The first-order chi connectivity index (χ1) is 6.22. The number of rotatable bonds is 5. The minimum atomic E-state index is 0.727. The molecule has 74 valence electrons. The van der Waals surface area contributed by atoms with Crippen LogP contribution in [0.4, 0.5) is 0 Å². The third kappa shape index (κ3) is 4.25. The first kappa shape index (κ1) is 11.2. The molecule has 1 rings (SSSR count). The fraction of sp³-hybridized carbons (Fsp3) is 0.600. The molecule has 0 radical (unpaired) electrons. The smallest absolute Gasteiger partial charge is 0.0324 e. The predicted octanol–water partition coefficient (Wildman–Crippen LogP) is 3.21. The van der Waals surface area contributed by atoms with Crippen LogP contribution >= 0.6 is 27.3 Å². The molecular weight excluding hydrogens is 246 g/mol. The molecule has 1 aromatic rings. The number of halogens is 1. The second kappa shape index (κ2) is 5.78. The highest BCUT2D eigenvalue weighted by Gasteiger charge is 2.05. The highest BCUT2D eigenvalue weighted by Crippen LogP contribution is 2.12. The molecule has 0 spiro atoms. The Morgan fingerprint density at radius 1 is 1.62 bits per heavy atom. The second-order valence-corrected chi connectivity index (χ2v) is 5.22. The molecule has 0 aliphatic carbocycles. The van der Waals surface area contributed by atoms with Gasteiger partial charge in [-0.05, 0) is 24.4 Å². The zero-order valence-corrected chi connectivity index (χ0v) is 10.6. The summed E-state index contributed by atoms with van der Waals surface area (Å²) in [6.45, 7) is 4.50. The van der Waals surface area contributed by atoms with Crippen LogP contribution in [0.25, 0.3) is 0 Å². The van der Waals surface area contributed by atoms with Crippen LogP contribution in [0.1, 0.15) is 11.8 Å². The normalized spacial score (nSPS) is 13.5. The monoisotopic (exact) mass is 261 g/mol. The van der Waals surface area contributed by atoms with E-state index in [1.165, 1.54) is 4.88 Å². The largest absolute Gasteiger partial charge is 0.301 e. The van der Waals surface area contributed by atoms with Gasteiger partial charge in [-0.25, -0.2) is 0 Å². The lowest BCUT2D eigenvalue weighted by molar-refractivity contribution is 0.293. The van der Waals surface area contributed by atoms with Crippen molar-refractivity contribution < 1.29 is 0 Å². The van der Waals surface area contributed by atoms with Crippen LogP contribution in [0, 0.1) is 5.92 Å². The third-order valence-corrected chi connectivity index (χ3v) is 3.86. The van der Waals surface area contributed by atoms with Gasteiger partial charge in [-0.2, -0.15) is 0 Å². The number of alkyl halides is 1. The molecule has 1 atom stereocenters. The van der Waals surface area contributed by atoms with Crippen molar-refractivity contribution in [3.63, 3.8) is 0 Å². The van der Waals surface area contributed by atoms with Crippen LogP contribution in [0.2, 0.25) is 0 Å². The Bertz CT molecular complexity index is 223. The zero-order valence-electron chi connectivity index (χ0n) is 8.16. The van der Waals surface area contributed by atoms with Gasteiger partial charge in [-0.15, -0.1) is 11.3 Å². The minimum absolute atomic E-state index is 0.727. The Hall–Kier alpha value is 0.140.